The maximum Gasteiger partial charge on any atom is 0.409 e. The molecular weight excluding hydrogens is 362 g/mol. The van der Waals surface area contributed by atoms with Crippen LogP contribution >= 0.6 is 11.8 Å². The third kappa shape index (κ3) is 4.51. The largest absolute Gasteiger partial charge is 0.465 e. The number of nitrogens with zero attached hydrogens (tertiary/aromatic N) is 1. The van der Waals surface area contributed by atoms with Crippen molar-refractivity contribution in [2.45, 2.75) is 37.3 Å². The Morgan fingerprint density at radius 1 is 1.15 bits per heavy atom. The Labute approximate surface area is 163 Å². The van der Waals surface area contributed by atoms with E-state index in [-0.39, 0.29) is 16.4 Å². The number of rotatable bonds is 5. The van der Waals surface area contributed by atoms with Crippen molar-refractivity contribution in [3.63, 3.8) is 0 Å². The fraction of sp³-hybridized carbons (Fsp3) is 0.333. The van der Waals surface area contributed by atoms with Crippen molar-refractivity contribution in [1.82, 2.24) is 4.90 Å². The van der Waals surface area contributed by atoms with Gasteiger partial charge in [0, 0.05) is 10.8 Å². The van der Waals surface area contributed by atoms with Gasteiger partial charge < -0.3 is 9.84 Å². The fourth-order valence-corrected chi connectivity index (χ4v) is 4.52. The summed E-state index contributed by atoms with van der Waals surface area (Å²) in [5.74, 6) is 0. The normalized spacial score (nSPS) is 19.6. The van der Waals surface area contributed by atoms with E-state index in [0.29, 0.717) is 18.6 Å². The molecule has 0 bridgehead atoms. The lowest BCUT2D eigenvalue weighted by Crippen LogP contribution is -2.47. The van der Waals surface area contributed by atoms with Crippen LogP contribution in [0.15, 0.2) is 60.7 Å². The van der Waals surface area contributed by atoms with Crippen molar-refractivity contribution >= 4 is 23.0 Å². The smallest absolute Gasteiger partial charge is 0.409 e. The third-order valence-electron chi connectivity index (χ3n) is 4.70. The Morgan fingerprint density at radius 2 is 1.74 bits per heavy atom. The summed E-state index contributed by atoms with van der Waals surface area (Å²) in [5, 5.41) is 9.45. The van der Waals surface area contributed by atoms with Gasteiger partial charge in [0.2, 0.25) is 5.12 Å². The molecule has 2 atom stereocenters. The zero-order valence-corrected chi connectivity index (χ0v) is 16.2. The minimum absolute atomic E-state index is 0.0236. The Bertz CT molecular complexity index is 794. The number of carboxylic acid groups (broad SMARTS) is 1. The van der Waals surface area contributed by atoms with E-state index in [2.05, 4.69) is 0 Å². The highest BCUT2D eigenvalue weighted by molar-refractivity contribution is 8.14. The summed E-state index contributed by atoms with van der Waals surface area (Å²) < 4.78 is 5.70. The molecule has 1 amide bonds. The molecule has 1 N–H and O–H groups in total. The van der Waals surface area contributed by atoms with Crippen LogP contribution in [0, 0.1) is 0 Å². The summed E-state index contributed by atoms with van der Waals surface area (Å²) in [7, 11) is 0. The first kappa shape index (κ1) is 19.5. The number of carbonyl (C=O) groups excluding carboxylic acids is 1. The quantitative estimate of drug-likeness (QED) is 0.800. The maximum absolute atomic E-state index is 12.7. The predicted octanol–water partition coefficient (Wildman–Crippen LogP) is 4.81. The van der Waals surface area contributed by atoms with E-state index in [1.807, 2.05) is 48.5 Å². The van der Waals surface area contributed by atoms with Crippen LogP contribution in [0.5, 0.6) is 0 Å². The molecule has 2 aromatic carbocycles. The Morgan fingerprint density at radius 3 is 2.33 bits per heavy atom. The SMILES string of the molecule is CC1(C)OC[C@@H](C[C@H](SC(=O)c2ccccc2)c2ccccc2)N1C(=O)O. The first-order valence-electron chi connectivity index (χ1n) is 8.85. The lowest BCUT2D eigenvalue weighted by atomic mass is 10.0. The number of ether oxygens (including phenoxy) is 1. The summed E-state index contributed by atoms with van der Waals surface area (Å²) in [6, 6.07) is 18.6. The van der Waals surface area contributed by atoms with Crippen molar-refractivity contribution in [2.75, 3.05) is 6.61 Å². The van der Waals surface area contributed by atoms with Gasteiger partial charge in [0.25, 0.3) is 0 Å². The molecule has 27 heavy (non-hydrogen) atoms. The van der Waals surface area contributed by atoms with Crippen LogP contribution in [0.3, 0.4) is 0 Å². The molecule has 5 nitrogen and oxygen atoms in total. The number of thioether (sulfide) groups is 1. The molecule has 1 saturated heterocycles. The average Bonchev–Trinajstić information content (AvgIpc) is 2.96. The molecule has 0 aliphatic carbocycles. The summed E-state index contributed by atoms with van der Waals surface area (Å²) in [5.41, 5.74) is 0.773. The Kier molecular flexibility index (Phi) is 5.87. The van der Waals surface area contributed by atoms with Crippen molar-refractivity contribution in [2.24, 2.45) is 0 Å². The molecule has 0 radical (unpaired) electrons. The number of hydrogen-bond acceptors (Lipinski definition) is 4. The Hall–Kier alpha value is -2.31. The highest BCUT2D eigenvalue weighted by atomic mass is 32.2. The van der Waals surface area contributed by atoms with Gasteiger partial charge in [0.1, 0.15) is 5.72 Å². The molecule has 0 saturated carbocycles. The van der Waals surface area contributed by atoms with Crippen LogP contribution in [0.25, 0.3) is 0 Å². The lowest BCUT2D eigenvalue weighted by Gasteiger charge is -2.32. The highest BCUT2D eigenvalue weighted by Crippen LogP contribution is 2.39. The average molecular weight is 385 g/mol. The van der Waals surface area contributed by atoms with Crippen molar-refractivity contribution in [3.8, 4) is 0 Å². The van der Waals surface area contributed by atoms with Crippen LogP contribution in [0.4, 0.5) is 4.79 Å². The van der Waals surface area contributed by atoms with E-state index < -0.39 is 11.8 Å². The van der Waals surface area contributed by atoms with E-state index in [4.69, 9.17) is 4.74 Å². The molecule has 0 spiro atoms. The molecule has 2 aromatic rings. The van der Waals surface area contributed by atoms with Gasteiger partial charge in [-0.2, -0.15) is 0 Å². The van der Waals surface area contributed by atoms with Crippen LogP contribution in [-0.2, 0) is 4.74 Å². The molecule has 6 heteroatoms. The zero-order valence-electron chi connectivity index (χ0n) is 15.4. The van der Waals surface area contributed by atoms with Crippen LogP contribution in [0.2, 0.25) is 0 Å². The standard InChI is InChI=1S/C21H23NO4S/c1-21(2)22(20(24)25)17(14-26-21)13-18(15-9-5-3-6-10-15)27-19(23)16-11-7-4-8-12-16/h3-12,17-18H,13-14H2,1-2H3,(H,24,25)/t17-,18+/m1/s1. The van der Waals surface area contributed by atoms with Crippen molar-refractivity contribution in [3.05, 3.63) is 71.8 Å². The molecule has 142 valence electrons. The maximum atomic E-state index is 12.7. The molecule has 0 unspecified atom stereocenters. The lowest BCUT2D eigenvalue weighted by molar-refractivity contribution is -0.0421. The number of benzene rings is 2. The summed E-state index contributed by atoms with van der Waals surface area (Å²) in [6.07, 6.45) is -0.503. The van der Waals surface area contributed by atoms with E-state index in [9.17, 15) is 14.7 Å². The van der Waals surface area contributed by atoms with E-state index in [1.165, 1.54) is 16.7 Å². The molecule has 0 aromatic heterocycles. The van der Waals surface area contributed by atoms with Gasteiger partial charge in [-0.15, -0.1) is 0 Å². The van der Waals surface area contributed by atoms with Crippen molar-refractivity contribution < 1.29 is 19.4 Å². The number of hydrogen-bond donors (Lipinski definition) is 1. The first-order chi connectivity index (χ1) is 12.9. The molecular formula is C21H23NO4S. The second-order valence-electron chi connectivity index (χ2n) is 6.97. The summed E-state index contributed by atoms with van der Waals surface area (Å²) in [6.45, 7) is 3.82. The topological polar surface area (TPSA) is 66.8 Å². The van der Waals surface area contributed by atoms with Crippen LogP contribution < -0.4 is 0 Å². The van der Waals surface area contributed by atoms with Gasteiger partial charge in [0.15, 0.2) is 0 Å². The molecule has 3 rings (SSSR count). The van der Waals surface area contributed by atoms with Gasteiger partial charge in [-0.05, 0) is 25.8 Å². The molecule has 1 aliphatic rings. The van der Waals surface area contributed by atoms with Gasteiger partial charge >= 0.3 is 6.09 Å². The second kappa shape index (κ2) is 8.15. The fourth-order valence-electron chi connectivity index (χ4n) is 3.38. The predicted molar refractivity (Wildman–Crippen MR) is 106 cm³/mol. The minimum atomic E-state index is -1.01. The second-order valence-corrected chi connectivity index (χ2v) is 8.15. The van der Waals surface area contributed by atoms with Gasteiger partial charge in [0.05, 0.1) is 12.6 Å². The monoisotopic (exact) mass is 385 g/mol. The van der Waals surface area contributed by atoms with Crippen molar-refractivity contribution in [1.29, 1.82) is 0 Å². The first-order valence-corrected chi connectivity index (χ1v) is 9.73. The van der Waals surface area contributed by atoms with E-state index >= 15 is 0 Å². The summed E-state index contributed by atoms with van der Waals surface area (Å²) in [4.78, 5) is 25.9. The van der Waals surface area contributed by atoms with Crippen LogP contribution in [0.1, 0.15) is 41.4 Å². The van der Waals surface area contributed by atoms with Gasteiger partial charge in [-0.1, -0.05) is 72.4 Å². The van der Waals surface area contributed by atoms with E-state index in [1.54, 1.807) is 26.0 Å². The van der Waals surface area contributed by atoms with Gasteiger partial charge in [-0.25, -0.2) is 4.79 Å². The number of amides is 1. The van der Waals surface area contributed by atoms with Crippen LogP contribution in [-0.4, -0.2) is 39.6 Å². The zero-order chi connectivity index (χ0) is 19.4. The molecule has 1 aliphatic heterocycles. The molecule has 1 fully saturated rings. The van der Waals surface area contributed by atoms with E-state index in [0.717, 1.165) is 5.56 Å². The highest BCUT2D eigenvalue weighted by Gasteiger charge is 2.44. The summed E-state index contributed by atoms with van der Waals surface area (Å²) >= 11 is 1.24. The minimum Gasteiger partial charge on any atom is -0.465 e. The third-order valence-corrected chi connectivity index (χ3v) is 5.90. The van der Waals surface area contributed by atoms with Gasteiger partial charge in [-0.3, -0.25) is 9.69 Å². The Balaban J connectivity index is 1.83. The molecule has 1 heterocycles. The number of carbonyl (C=O) groups is 2.